The fourth-order valence-electron chi connectivity index (χ4n) is 3.24. The molecule has 0 aromatic heterocycles. The highest BCUT2D eigenvalue weighted by Crippen LogP contribution is 2.18. The second-order valence-corrected chi connectivity index (χ2v) is 9.86. The zero-order chi connectivity index (χ0) is 24.7. The lowest BCUT2D eigenvalue weighted by atomic mass is 10.2. The van der Waals surface area contributed by atoms with Gasteiger partial charge in [0.05, 0.1) is 10.5 Å². The lowest BCUT2D eigenvalue weighted by molar-refractivity contribution is -0.136. The van der Waals surface area contributed by atoms with Crippen LogP contribution in [0, 0.1) is 6.92 Å². The second-order valence-electron chi connectivity index (χ2n) is 8.17. The molecule has 0 atom stereocenters. The Morgan fingerprint density at radius 2 is 1.53 bits per heavy atom. The van der Waals surface area contributed by atoms with Crippen LogP contribution in [0.4, 0.5) is 5.69 Å². The Morgan fingerprint density at radius 1 is 0.912 bits per heavy atom. The van der Waals surface area contributed by atoms with Crippen LogP contribution in [0.1, 0.15) is 35.3 Å². The van der Waals surface area contributed by atoms with E-state index in [0.717, 1.165) is 11.1 Å². The highest BCUT2D eigenvalue weighted by molar-refractivity contribution is 7.92. The third-order valence-corrected chi connectivity index (χ3v) is 6.57. The Bertz CT molecular complexity index is 1220. The van der Waals surface area contributed by atoms with E-state index in [1.807, 2.05) is 51.1 Å². The van der Waals surface area contributed by atoms with Gasteiger partial charge in [0.15, 0.2) is 6.61 Å². The molecule has 0 aliphatic rings. The fourth-order valence-corrected chi connectivity index (χ4v) is 4.30. The smallest absolute Gasteiger partial charge is 0.338 e. The van der Waals surface area contributed by atoms with Gasteiger partial charge in [0.1, 0.15) is 0 Å². The van der Waals surface area contributed by atoms with Gasteiger partial charge < -0.3 is 9.64 Å². The van der Waals surface area contributed by atoms with Crippen molar-refractivity contribution in [1.82, 2.24) is 4.90 Å². The van der Waals surface area contributed by atoms with E-state index in [2.05, 4.69) is 4.72 Å². The molecule has 0 aliphatic heterocycles. The molecule has 3 aromatic rings. The summed E-state index contributed by atoms with van der Waals surface area (Å²) >= 11 is 0. The molecule has 7 nitrogen and oxygen atoms in total. The zero-order valence-electron chi connectivity index (χ0n) is 19.4. The third-order valence-electron chi connectivity index (χ3n) is 5.17. The van der Waals surface area contributed by atoms with Crippen LogP contribution >= 0.6 is 0 Å². The van der Waals surface area contributed by atoms with Gasteiger partial charge in [-0.1, -0.05) is 48.0 Å². The predicted octanol–water partition coefficient (Wildman–Crippen LogP) is 4.39. The number of ether oxygens (including phenoxy) is 1. The standard InChI is InChI=1S/C26H28N2O5S/c1-19(2)28(17-21-7-5-4-6-8-21)25(29)18-33-26(30)22-11-15-24(16-12-22)34(31,32)27-23-13-9-20(3)10-14-23/h4-16,19,27H,17-18H2,1-3H3. The van der Waals surface area contributed by atoms with Crippen molar-refractivity contribution in [3.05, 3.63) is 95.6 Å². The molecule has 0 unspecified atom stereocenters. The average Bonchev–Trinajstić information content (AvgIpc) is 2.82. The van der Waals surface area contributed by atoms with E-state index in [9.17, 15) is 18.0 Å². The van der Waals surface area contributed by atoms with Gasteiger partial charge >= 0.3 is 5.97 Å². The summed E-state index contributed by atoms with van der Waals surface area (Å²) in [6.45, 7) is 5.71. The van der Waals surface area contributed by atoms with Crippen molar-refractivity contribution >= 4 is 27.6 Å². The van der Waals surface area contributed by atoms with Crippen molar-refractivity contribution in [3.63, 3.8) is 0 Å². The summed E-state index contributed by atoms with van der Waals surface area (Å²) in [5.74, 6) is -1.01. The van der Waals surface area contributed by atoms with Gasteiger partial charge in [0.25, 0.3) is 15.9 Å². The van der Waals surface area contributed by atoms with E-state index >= 15 is 0 Å². The number of hydrogen-bond acceptors (Lipinski definition) is 5. The van der Waals surface area contributed by atoms with Crippen molar-refractivity contribution in [2.75, 3.05) is 11.3 Å². The minimum absolute atomic E-state index is 0.00884. The summed E-state index contributed by atoms with van der Waals surface area (Å²) in [5, 5.41) is 0. The molecule has 8 heteroatoms. The zero-order valence-corrected chi connectivity index (χ0v) is 20.2. The number of amides is 1. The number of carbonyl (C=O) groups excluding carboxylic acids is 2. The number of anilines is 1. The van der Waals surface area contributed by atoms with Crippen LogP contribution in [0.25, 0.3) is 0 Å². The number of hydrogen-bond donors (Lipinski definition) is 1. The van der Waals surface area contributed by atoms with Crippen molar-refractivity contribution in [2.45, 2.75) is 38.3 Å². The highest BCUT2D eigenvalue weighted by atomic mass is 32.2. The van der Waals surface area contributed by atoms with Crippen molar-refractivity contribution in [1.29, 1.82) is 0 Å². The van der Waals surface area contributed by atoms with Crippen LogP contribution in [0.2, 0.25) is 0 Å². The maximum atomic E-state index is 12.7. The number of esters is 1. The molecule has 3 rings (SSSR count). The molecule has 0 radical (unpaired) electrons. The van der Waals surface area contributed by atoms with Gasteiger partial charge in [-0.25, -0.2) is 13.2 Å². The summed E-state index contributed by atoms with van der Waals surface area (Å²) in [6.07, 6.45) is 0. The summed E-state index contributed by atoms with van der Waals surface area (Å²) in [5.41, 5.74) is 2.59. The maximum Gasteiger partial charge on any atom is 0.338 e. The third kappa shape index (κ3) is 6.68. The molecular formula is C26H28N2O5S. The maximum absolute atomic E-state index is 12.7. The normalized spacial score (nSPS) is 11.2. The molecular weight excluding hydrogens is 452 g/mol. The Balaban J connectivity index is 1.60. The summed E-state index contributed by atoms with van der Waals surface area (Å²) in [4.78, 5) is 26.7. The van der Waals surface area contributed by atoms with Gasteiger partial charge in [-0.2, -0.15) is 0 Å². The van der Waals surface area contributed by atoms with Gasteiger partial charge in [0, 0.05) is 18.3 Å². The number of nitrogens with zero attached hydrogens (tertiary/aromatic N) is 1. The molecule has 0 spiro atoms. The SMILES string of the molecule is Cc1ccc(NS(=O)(=O)c2ccc(C(=O)OCC(=O)N(Cc3ccccc3)C(C)C)cc2)cc1. The molecule has 0 saturated heterocycles. The van der Waals surface area contributed by atoms with E-state index in [-0.39, 0.29) is 22.4 Å². The average molecular weight is 481 g/mol. The molecule has 178 valence electrons. The van der Waals surface area contributed by atoms with Crippen molar-refractivity contribution in [3.8, 4) is 0 Å². The van der Waals surface area contributed by atoms with Gasteiger partial charge in [0.2, 0.25) is 0 Å². The van der Waals surface area contributed by atoms with Crippen molar-refractivity contribution < 1.29 is 22.7 Å². The van der Waals surface area contributed by atoms with Gasteiger partial charge in [-0.3, -0.25) is 9.52 Å². The molecule has 0 saturated carbocycles. The molecule has 0 heterocycles. The van der Waals surface area contributed by atoms with Crippen LogP contribution in [-0.4, -0.2) is 37.8 Å². The lowest BCUT2D eigenvalue weighted by Crippen LogP contribution is -2.39. The first-order valence-electron chi connectivity index (χ1n) is 10.9. The van der Waals surface area contributed by atoms with Crippen LogP contribution in [0.15, 0.2) is 83.8 Å². The molecule has 1 amide bonds. The molecule has 0 bridgehead atoms. The lowest BCUT2D eigenvalue weighted by Gasteiger charge is -2.26. The fraction of sp³-hybridized carbons (Fsp3) is 0.231. The summed E-state index contributed by atoms with van der Waals surface area (Å²) in [7, 11) is -3.81. The Hall–Kier alpha value is -3.65. The Morgan fingerprint density at radius 3 is 2.12 bits per heavy atom. The molecule has 34 heavy (non-hydrogen) atoms. The monoisotopic (exact) mass is 480 g/mol. The first-order chi connectivity index (χ1) is 16.2. The van der Waals surface area contributed by atoms with Crippen LogP contribution in [0.5, 0.6) is 0 Å². The topological polar surface area (TPSA) is 92.8 Å². The highest BCUT2D eigenvalue weighted by Gasteiger charge is 2.20. The Kier molecular flexibility index (Phi) is 8.07. The summed E-state index contributed by atoms with van der Waals surface area (Å²) in [6, 6.07) is 21.8. The quantitative estimate of drug-likeness (QED) is 0.459. The van der Waals surface area contributed by atoms with E-state index < -0.39 is 22.6 Å². The van der Waals surface area contributed by atoms with E-state index in [4.69, 9.17) is 4.74 Å². The van der Waals surface area contributed by atoms with Gasteiger partial charge in [-0.05, 0) is 62.7 Å². The van der Waals surface area contributed by atoms with E-state index in [1.54, 1.807) is 29.2 Å². The minimum atomic E-state index is -3.81. The van der Waals surface area contributed by atoms with Gasteiger partial charge in [-0.15, -0.1) is 0 Å². The van der Waals surface area contributed by atoms with Crippen LogP contribution < -0.4 is 4.72 Å². The number of nitrogens with one attached hydrogen (secondary N) is 1. The number of sulfonamides is 1. The number of aryl methyl sites for hydroxylation is 1. The number of rotatable bonds is 9. The van der Waals surface area contributed by atoms with Crippen molar-refractivity contribution in [2.24, 2.45) is 0 Å². The largest absolute Gasteiger partial charge is 0.452 e. The van der Waals surface area contributed by atoms with E-state index in [0.29, 0.717) is 12.2 Å². The predicted molar refractivity (Wildman–Crippen MR) is 131 cm³/mol. The Labute approximate surface area is 200 Å². The molecule has 1 N–H and O–H groups in total. The second kappa shape index (κ2) is 11.0. The van der Waals surface area contributed by atoms with Crippen LogP contribution in [0.3, 0.4) is 0 Å². The van der Waals surface area contributed by atoms with E-state index in [1.165, 1.54) is 24.3 Å². The molecule has 0 fully saturated rings. The first kappa shape index (κ1) is 25.0. The van der Waals surface area contributed by atoms with Crippen LogP contribution in [-0.2, 0) is 26.1 Å². The summed E-state index contributed by atoms with van der Waals surface area (Å²) < 4.78 is 32.9. The molecule has 0 aliphatic carbocycles. The number of benzene rings is 3. The molecule has 3 aromatic carbocycles. The number of carbonyl (C=O) groups is 2. The minimum Gasteiger partial charge on any atom is -0.452 e. The first-order valence-corrected chi connectivity index (χ1v) is 12.3.